The highest BCUT2D eigenvalue weighted by atomic mass is 15.2. The van der Waals surface area contributed by atoms with Crippen LogP contribution in [-0.2, 0) is 10.8 Å². The minimum atomic E-state index is -0.614. The van der Waals surface area contributed by atoms with Gasteiger partial charge >= 0.3 is 0 Å². The van der Waals surface area contributed by atoms with Crippen molar-refractivity contribution in [2.75, 3.05) is 0 Å². The average molecular weight is 794 g/mol. The van der Waals surface area contributed by atoms with E-state index in [-0.39, 0.29) is 0 Å². The summed E-state index contributed by atoms with van der Waals surface area (Å²) >= 11 is 0. The van der Waals surface area contributed by atoms with Crippen molar-refractivity contribution >= 4 is 11.7 Å². The molecule has 1 N–H and O–H groups in total. The van der Waals surface area contributed by atoms with Crippen LogP contribution in [0.25, 0.3) is 0 Å². The Morgan fingerprint density at radius 1 is 0.387 bits per heavy atom. The molecule has 0 radical (unpaired) electrons. The van der Waals surface area contributed by atoms with Crippen LogP contribution >= 0.6 is 0 Å². The van der Waals surface area contributed by atoms with Gasteiger partial charge in [-0.05, 0) is 68.3 Å². The van der Waals surface area contributed by atoms with Crippen molar-refractivity contribution in [1.82, 2.24) is 5.32 Å². The van der Waals surface area contributed by atoms with Crippen molar-refractivity contribution in [1.29, 1.82) is 0 Å². The smallest absolute Gasteiger partial charge is 0.167 e. The van der Waals surface area contributed by atoms with E-state index in [0.29, 0.717) is 5.84 Å². The lowest BCUT2D eigenvalue weighted by Gasteiger charge is -2.37. The first-order chi connectivity index (χ1) is 30.7. The fourth-order valence-corrected chi connectivity index (χ4v) is 9.34. The van der Waals surface area contributed by atoms with Crippen LogP contribution in [0.1, 0.15) is 67.4 Å². The second-order valence-electron chi connectivity index (χ2n) is 15.6. The standard InChI is InChI=1S/C59H43N3/c1-8-24-44(25-9-1)55-60-56(45-26-22-40-53(42-45)58(47-28-10-2-11-29-47,48-30-12-3-13-31-48)49-32-14-4-15-33-49)62-57(61-55)46-27-23-41-54(43-46)59(50-34-16-5-17-35-50,51-36-18-6-19-37-51)52-38-20-7-21-39-52/h1-8,10-24,26-43,56H,(H,60,61,62). The Balaban J connectivity index is 1.14. The molecule has 3 nitrogen and oxygen atoms in total. The highest BCUT2D eigenvalue weighted by Crippen LogP contribution is 2.47. The number of nitrogens with zero attached hydrogens (tertiary/aromatic N) is 2. The van der Waals surface area contributed by atoms with E-state index in [1.807, 2.05) is 18.2 Å². The van der Waals surface area contributed by atoms with Crippen molar-refractivity contribution in [2.45, 2.75) is 17.0 Å². The number of hydrogen-bond acceptors (Lipinski definition) is 3. The quantitative estimate of drug-likeness (QED) is 0.130. The number of rotatable bonds is 11. The first kappa shape index (κ1) is 38.2. The summed E-state index contributed by atoms with van der Waals surface area (Å²) in [5.74, 6) is 1.32. The number of hydrogen-bond donors (Lipinski definition) is 1. The van der Waals surface area contributed by atoms with E-state index in [9.17, 15) is 0 Å². The van der Waals surface area contributed by atoms with Gasteiger partial charge in [0.05, 0.1) is 16.4 Å². The molecule has 0 saturated heterocycles. The summed E-state index contributed by atoms with van der Waals surface area (Å²) in [4.78, 5) is 10.6. The number of amidine groups is 2. The summed E-state index contributed by atoms with van der Waals surface area (Å²) in [6.45, 7) is 0. The fourth-order valence-electron chi connectivity index (χ4n) is 9.34. The van der Waals surface area contributed by atoms with Crippen molar-refractivity contribution in [3.05, 3.63) is 322 Å². The van der Waals surface area contributed by atoms with Crippen LogP contribution in [0.5, 0.6) is 0 Å². The third-order valence-corrected chi connectivity index (χ3v) is 12.1. The number of aliphatic imine (C=N–C) groups is 2. The Kier molecular flexibility index (Phi) is 10.4. The molecular weight excluding hydrogens is 751 g/mol. The molecule has 3 heteroatoms. The van der Waals surface area contributed by atoms with Gasteiger partial charge in [0.2, 0.25) is 0 Å². The van der Waals surface area contributed by atoms with Gasteiger partial charge in [-0.15, -0.1) is 0 Å². The molecule has 1 atom stereocenters. The zero-order chi connectivity index (χ0) is 41.6. The van der Waals surface area contributed by atoms with E-state index < -0.39 is 17.0 Å². The van der Waals surface area contributed by atoms with Crippen molar-refractivity contribution < 1.29 is 0 Å². The van der Waals surface area contributed by atoms with Crippen LogP contribution in [0.4, 0.5) is 0 Å². The molecule has 1 unspecified atom stereocenters. The van der Waals surface area contributed by atoms with E-state index in [4.69, 9.17) is 9.98 Å². The summed E-state index contributed by atoms with van der Waals surface area (Å²) in [7, 11) is 0. The van der Waals surface area contributed by atoms with Gasteiger partial charge in [0.15, 0.2) is 5.84 Å². The monoisotopic (exact) mass is 793 g/mol. The van der Waals surface area contributed by atoms with Gasteiger partial charge in [0.1, 0.15) is 12.0 Å². The largest absolute Gasteiger partial charge is 0.344 e. The molecule has 0 saturated carbocycles. The normalized spacial score (nSPS) is 13.8. The topological polar surface area (TPSA) is 36.8 Å². The molecule has 62 heavy (non-hydrogen) atoms. The van der Waals surface area contributed by atoms with Gasteiger partial charge in [0.25, 0.3) is 0 Å². The molecule has 0 aliphatic carbocycles. The third-order valence-electron chi connectivity index (χ3n) is 12.1. The van der Waals surface area contributed by atoms with Crippen LogP contribution < -0.4 is 5.32 Å². The van der Waals surface area contributed by atoms with Gasteiger partial charge < -0.3 is 5.32 Å². The lowest BCUT2D eigenvalue weighted by molar-refractivity contribution is 0.667. The van der Waals surface area contributed by atoms with Crippen LogP contribution in [0.3, 0.4) is 0 Å². The molecule has 294 valence electrons. The minimum absolute atomic E-state index is 0.461. The lowest BCUT2D eigenvalue weighted by Crippen LogP contribution is -2.35. The maximum absolute atomic E-state index is 5.32. The predicted molar refractivity (Wildman–Crippen MR) is 253 cm³/mol. The molecule has 0 bridgehead atoms. The first-order valence-corrected chi connectivity index (χ1v) is 21.1. The molecule has 1 aliphatic rings. The van der Waals surface area contributed by atoms with Gasteiger partial charge in [-0.1, -0.05) is 243 Å². The average Bonchev–Trinajstić information content (AvgIpc) is 3.37. The summed E-state index contributed by atoms with van der Waals surface area (Å²) in [5, 5.41) is 3.82. The summed E-state index contributed by atoms with van der Waals surface area (Å²) in [6, 6.07) is 94.9. The van der Waals surface area contributed by atoms with Crippen LogP contribution in [0.2, 0.25) is 0 Å². The highest BCUT2D eigenvalue weighted by molar-refractivity contribution is 6.12. The third kappa shape index (κ3) is 6.88. The molecule has 9 aromatic carbocycles. The van der Waals surface area contributed by atoms with Crippen LogP contribution in [-0.4, -0.2) is 11.7 Å². The summed E-state index contributed by atoms with van der Waals surface area (Å²) < 4.78 is 0. The van der Waals surface area contributed by atoms with Gasteiger partial charge in [-0.3, -0.25) is 0 Å². The maximum Gasteiger partial charge on any atom is 0.167 e. The molecule has 10 rings (SSSR count). The second kappa shape index (κ2) is 16.9. The number of nitrogens with one attached hydrogen (secondary N) is 1. The minimum Gasteiger partial charge on any atom is -0.344 e. The van der Waals surface area contributed by atoms with Crippen molar-refractivity contribution in [3.8, 4) is 0 Å². The highest BCUT2D eigenvalue weighted by Gasteiger charge is 2.40. The maximum atomic E-state index is 5.32. The second-order valence-corrected chi connectivity index (χ2v) is 15.6. The van der Waals surface area contributed by atoms with E-state index in [2.05, 4.69) is 248 Å². The van der Waals surface area contributed by atoms with E-state index in [0.717, 1.165) is 33.7 Å². The van der Waals surface area contributed by atoms with Gasteiger partial charge in [-0.2, -0.15) is 0 Å². The Morgan fingerprint density at radius 3 is 1.21 bits per heavy atom. The zero-order valence-corrected chi connectivity index (χ0v) is 34.1. The van der Waals surface area contributed by atoms with E-state index in [1.54, 1.807) is 0 Å². The van der Waals surface area contributed by atoms with Gasteiger partial charge in [-0.25, -0.2) is 9.98 Å². The zero-order valence-electron chi connectivity index (χ0n) is 34.1. The Labute approximate surface area is 364 Å². The lowest BCUT2D eigenvalue weighted by atomic mass is 9.65. The van der Waals surface area contributed by atoms with Crippen molar-refractivity contribution in [3.63, 3.8) is 0 Å². The fraction of sp³-hybridized carbons (Fsp3) is 0.0508. The molecule has 0 amide bonds. The van der Waals surface area contributed by atoms with Crippen LogP contribution in [0.15, 0.2) is 259 Å². The first-order valence-electron chi connectivity index (χ1n) is 21.1. The number of benzene rings is 8. The Hall–Kier alpha value is -8.06. The van der Waals surface area contributed by atoms with Gasteiger partial charge in [0, 0.05) is 5.56 Å². The molecule has 0 spiro atoms. The van der Waals surface area contributed by atoms with Crippen LogP contribution in [0, 0.1) is 12.1 Å². The van der Waals surface area contributed by atoms with E-state index >= 15 is 0 Å². The molecular formula is C59H43N3. The molecule has 9 aromatic rings. The molecule has 0 aromatic heterocycles. The predicted octanol–water partition coefficient (Wildman–Crippen LogP) is 12.5. The molecule has 1 aliphatic heterocycles. The van der Waals surface area contributed by atoms with Crippen molar-refractivity contribution in [2.24, 2.45) is 9.98 Å². The summed E-state index contributed by atoms with van der Waals surface area (Å²) in [5.41, 5.74) is 10.9. The Morgan fingerprint density at radius 2 is 0.790 bits per heavy atom. The Bertz CT molecular complexity index is 2760. The molecule has 0 fully saturated rings. The molecule has 1 heterocycles. The summed E-state index contributed by atoms with van der Waals surface area (Å²) in [6.07, 6.45) is -0.461. The van der Waals surface area contributed by atoms with E-state index in [1.165, 1.54) is 33.4 Å². The SMILES string of the molecule is c1cccc(C2=NC(c3cccc(C(c4ccccc4)(c4ccccc4)c4ccccc4)c3)NC(c3cccc(C(c4ccccc4)(c4ccccc4)c4ccccc4)c3)=N2)c#1.